The van der Waals surface area contributed by atoms with Gasteiger partial charge < -0.3 is 9.47 Å². The summed E-state index contributed by atoms with van der Waals surface area (Å²) < 4.78 is 12.2. The molecule has 1 aliphatic carbocycles. The van der Waals surface area contributed by atoms with E-state index in [1.165, 1.54) is 92.9 Å². The Bertz CT molecular complexity index is 738. The third-order valence-corrected chi connectivity index (χ3v) is 8.16. The lowest BCUT2D eigenvalue weighted by molar-refractivity contribution is -0.137. The number of benzene rings is 2. The molecule has 2 heteroatoms. The van der Waals surface area contributed by atoms with Crippen molar-refractivity contribution >= 4 is 0 Å². The first-order chi connectivity index (χ1) is 16.8. The summed E-state index contributed by atoms with van der Waals surface area (Å²) in [4.78, 5) is 0. The van der Waals surface area contributed by atoms with Gasteiger partial charge in [0, 0.05) is 0 Å². The standard InChI is InChI=1S/C32H46O2/c1-3-5-7-9-25-11-13-26(14-12-25)27-15-17-28(18-16-27)29-19-21-30(22-20-29)32-24-33-31(23-34-32)10-8-6-4-2/h15-22,25-26,31-32H,3-14,23-24H2,1-2H3. The van der Waals surface area contributed by atoms with Crippen molar-refractivity contribution in [3.05, 3.63) is 59.7 Å². The highest BCUT2D eigenvalue weighted by molar-refractivity contribution is 5.64. The molecule has 2 fully saturated rings. The molecule has 34 heavy (non-hydrogen) atoms. The van der Waals surface area contributed by atoms with Crippen LogP contribution >= 0.6 is 0 Å². The average molecular weight is 463 g/mol. The van der Waals surface area contributed by atoms with Crippen LogP contribution in [0.2, 0.25) is 0 Å². The van der Waals surface area contributed by atoms with E-state index in [0.717, 1.165) is 24.9 Å². The predicted octanol–water partition coefficient (Wildman–Crippen LogP) is 9.24. The van der Waals surface area contributed by atoms with E-state index < -0.39 is 0 Å². The van der Waals surface area contributed by atoms with Gasteiger partial charge in [0.25, 0.3) is 0 Å². The molecule has 0 N–H and O–H groups in total. The largest absolute Gasteiger partial charge is 0.373 e. The molecule has 1 saturated carbocycles. The molecule has 2 aliphatic rings. The lowest BCUT2D eigenvalue weighted by Gasteiger charge is -2.30. The van der Waals surface area contributed by atoms with Crippen molar-refractivity contribution in [2.45, 2.75) is 109 Å². The highest BCUT2D eigenvalue weighted by Crippen LogP contribution is 2.38. The Kier molecular flexibility index (Phi) is 10.1. The monoisotopic (exact) mass is 462 g/mol. The lowest BCUT2D eigenvalue weighted by Crippen LogP contribution is -2.31. The number of hydrogen-bond acceptors (Lipinski definition) is 2. The summed E-state index contributed by atoms with van der Waals surface area (Å²) in [5.41, 5.74) is 5.35. The van der Waals surface area contributed by atoms with Crippen LogP contribution in [0.4, 0.5) is 0 Å². The minimum atomic E-state index is 0.0657. The van der Waals surface area contributed by atoms with Crippen LogP contribution in [-0.2, 0) is 9.47 Å². The Hall–Kier alpha value is -1.64. The Morgan fingerprint density at radius 2 is 1.21 bits per heavy atom. The summed E-state index contributed by atoms with van der Waals surface area (Å²) >= 11 is 0. The average Bonchev–Trinajstić information content (AvgIpc) is 2.90. The van der Waals surface area contributed by atoms with Gasteiger partial charge in [-0.1, -0.05) is 107 Å². The summed E-state index contributed by atoms with van der Waals surface area (Å²) in [6.07, 6.45) is 16.4. The molecule has 0 amide bonds. The zero-order chi connectivity index (χ0) is 23.6. The fourth-order valence-corrected chi connectivity index (χ4v) is 5.83. The van der Waals surface area contributed by atoms with Crippen LogP contribution in [0.15, 0.2) is 48.5 Å². The van der Waals surface area contributed by atoms with E-state index in [9.17, 15) is 0 Å². The van der Waals surface area contributed by atoms with Gasteiger partial charge in [-0.05, 0) is 66.2 Å². The SMILES string of the molecule is CCCCCC1CCC(c2ccc(-c3ccc(C4COC(CCCCC)CO4)cc3)cc2)CC1. The van der Waals surface area contributed by atoms with Gasteiger partial charge in [0.2, 0.25) is 0 Å². The van der Waals surface area contributed by atoms with E-state index >= 15 is 0 Å². The summed E-state index contributed by atoms with van der Waals surface area (Å²) in [6.45, 7) is 5.94. The van der Waals surface area contributed by atoms with Crippen molar-refractivity contribution in [3.8, 4) is 11.1 Å². The van der Waals surface area contributed by atoms with Gasteiger partial charge in [-0.25, -0.2) is 0 Å². The molecule has 2 aromatic rings. The van der Waals surface area contributed by atoms with Crippen LogP contribution in [-0.4, -0.2) is 19.3 Å². The molecule has 0 aromatic heterocycles. The zero-order valence-electron chi connectivity index (χ0n) is 21.6. The molecule has 2 nitrogen and oxygen atoms in total. The summed E-state index contributed by atoms with van der Waals surface area (Å²) in [5, 5.41) is 0. The van der Waals surface area contributed by atoms with Crippen LogP contribution in [0.5, 0.6) is 0 Å². The van der Waals surface area contributed by atoms with Gasteiger partial charge >= 0.3 is 0 Å². The van der Waals surface area contributed by atoms with Crippen LogP contribution in [0.1, 0.15) is 114 Å². The van der Waals surface area contributed by atoms with E-state index in [1.54, 1.807) is 0 Å². The minimum absolute atomic E-state index is 0.0657. The molecule has 0 radical (unpaired) electrons. The maximum atomic E-state index is 6.15. The normalized spacial score (nSPS) is 25.4. The van der Waals surface area contributed by atoms with Crippen molar-refractivity contribution < 1.29 is 9.47 Å². The second-order valence-electron chi connectivity index (χ2n) is 10.7. The molecule has 2 unspecified atom stereocenters. The number of rotatable bonds is 11. The van der Waals surface area contributed by atoms with Crippen LogP contribution < -0.4 is 0 Å². The first-order valence-electron chi connectivity index (χ1n) is 14.2. The number of ether oxygens (including phenoxy) is 2. The van der Waals surface area contributed by atoms with E-state index in [2.05, 4.69) is 62.4 Å². The molecule has 4 rings (SSSR count). The molecular weight excluding hydrogens is 416 g/mol. The predicted molar refractivity (Wildman–Crippen MR) is 143 cm³/mol. The molecule has 2 atom stereocenters. The molecule has 2 aromatic carbocycles. The van der Waals surface area contributed by atoms with Crippen molar-refractivity contribution in [1.29, 1.82) is 0 Å². The fraction of sp³-hybridized carbons (Fsp3) is 0.625. The minimum Gasteiger partial charge on any atom is -0.373 e. The van der Waals surface area contributed by atoms with Crippen LogP contribution in [0, 0.1) is 5.92 Å². The van der Waals surface area contributed by atoms with Crippen molar-refractivity contribution in [3.63, 3.8) is 0 Å². The first kappa shape index (κ1) is 25.5. The number of hydrogen-bond donors (Lipinski definition) is 0. The zero-order valence-corrected chi connectivity index (χ0v) is 21.6. The first-order valence-corrected chi connectivity index (χ1v) is 14.2. The Morgan fingerprint density at radius 1 is 0.618 bits per heavy atom. The van der Waals surface area contributed by atoms with Gasteiger partial charge in [0.05, 0.1) is 19.3 Å². The highest BCUT2D eigenvalue weighted by atomic mass is 16.6. The van der Waals surface area contributed by atoms with E-state index in [0.29, 0.717) is 6.61 Å². The Balaban J connectivity index is 1.25. The molecule has 1 heterocycles. The second-order valence-corrected chi connectivity index (χ2v) is 10.7. The molecule has 0 spiro atoms. The van der Waals surface area contributed by atoms with Crippen LogP contribution in [0.3, 0.4) is 0 Å². The Labute approximate surface area is 208 Å². The molecule has 0 bridgehead atoms. The van der Waals surface area contributed by atoms with Gasteiger partial charge in [0.15, 0.2) is 0 Å². The third kappa shape index (κ3) is 7.18. The smallest absolute Gasteiger partial charge is 0.106 e. The Morgan fingerprint density at radius 3 is 1.76 bits per heavy atom. The fourth-order valence-electron chi connectivity index (χ4n) is 5.83. The quantitative estimate of drug-likeness (QED) is 0.310. The second kappa shape index (κ2) is 13.4. The maximum absolute atomic E-state index is 6.15. The molecular formula is C32H46O2. The van der Waals surface area contributed by atoms with E-state index in [-0.39, 0.29) is 12.2 Å². The van der Waals surface area contributed by atoms with E-state index in [1.807, 2.05) is 0 Å². The van der Waals surface area contributed by atoms with Gasteiger partial charge in [-0.15, -0.1) is 0 Å². The molecule has 1 saturated heterocycles. The number of unbranched alkanes of at least 4 members (excludes halogenated alkanes) is 4. The van der Waals surface area contributed by atoms with Crippen molar-refractivity contribution in [2.24, 2.45) is 5.92 Å². The summed E-state index contributed by atoms with van der Waals surface area (Å²) in [7, 11) is 0. The topological polar surface area (TPSA) is 18.5 Å². The highest BCUT2D eigenvalue weighted by Gasteiger charge is 2.24. The van der Waals surface area contributed by atoms with Crippen molar-refractivity contribution in [1.82, 2.24) is 0 Å². The van der Waals surface area contributed by atoms with E-state index in [4.69, 9.17) is 9.47 Å². The van der Waals surface area contributed by atoms with Gasteiger partial charge in [-0.2, -0.15) is 0 Å². The molecule has 186 valence electrons. The summed E-state index contributed by atoms with van der Waals surface area (Å²) in [5.74, 6) is 1.74. The van der Waals surface area contributed by atoms with Crippen LogP contribution in [0.25, 0.3) is 11.1 Å². The van der Waals surface area contributed by atoms with Crippen molar-refractivity contribution in [2.75, 3.05) is 13.2 Å². The third-order valence-electron chi connectivity index (χ3n) is 8.16. The molecule has 1 aliphatic heterocycles. The lowest BCUT2D eigenvalue weighted by atomic mass is 9.77. The van der Waals surface area contributed by atoms with Gasteiger partial charge in [0.1, 0.15) is 6.10 Å². The summed E-state index contributed by atoms with van der Waals surface area (Å²) in [6, 6.07) is 18.3. The van der Waals surface area contributed by atoms with Gasteiger partial charge in [-0.3, -0.25) is 0 Å². The maximum Gasteiger partial charge on any atom is 0.106 e.